The largest absolute Gasteiger partial charge is 0.338 e. The third-order valence-corrected chi connectivity index (χ3v) is 5.27. The van der Waals surface area contributed by atoms with Crippen LogP contribution in [0.2, 0.25) is 0 Å². The Hall–Kier alpha value is -2.35. The highest BCUT2D eigenvalue weighted by Gasteiger charge is 2.36. The number of hydrogen-bond donors (Lipinski definition) is 1. The van der Waals surface area contributed by atoms with E-state index in [0.717, 1.165) is 6.07 Å². The van der Waals surface area contributed by atoms with E-state index in [0.29, 0.717) is 25.1 Å². The van der Waals surface area contributed by atoms with Crippen molar-refractivity contribution < 1.29 is 18.0 Å². The first-order valence-corrected chi connectivity index (χ1v) is 9.12. The van der Waals surface area contributed by atoms with Crippen molar-refractivity contribution in [2.24, 2.45) is 5.73 Å². The van der Waals surface area contributed by atoms with E-state index in [1.54, 1.807) is 11.1 Å². The lowest BCUT2D eigenvalue weighted by Crippen LogP contribution is -2.52. The molecule has 2 N–H and O–H groups in total. The predicted octanol–water partition coefficient (Wildman–Crippen LogP) is 2.52. The molecule has 5 nitrogen and oxygen atoms in total. The molecule has 8 heteroatoms. The summed E-state index contributed by atoms with van der Waals surface area (Å²) in [4.78, 5) is 14.1. The molecule has 1 atom stereocenters. The van der Waals surface area contributed by atoms with Crippen LogP contribution in [0.1, 0.15) is 42.5 Å². The minimum absolute atomic E-state index is 0.0266. The van der Waals surface area contributed by atoms with E-state index in [4.69, 9.17) is 5.73 Å². The molecule has 1 aromatic carbocycles. The molecule has 144 valence electrons. The van der Waals surface area contributed by atoms with Gasteiger partial charge in [0.25, 0.3) is 0 Å². The third-order valence-electron chi connectivity index (χ3n) is 5.27. The van der Waals surface area contributed by atoms with E-state index in [9.17, 15) is 18.0 Å². The first-order valence-electron chi connectivity index (χ1n) is 9.12. The summed E-state index contributed by atoms with van der Waals surface area (Å²) in [6.45, 7) is 1.15. The molecule has 2 fully saturated rings. The summed E-state index contributed by atoms with van der Waals surface area (Å²) in [5, 5.41) is 4.38. The summed E-state index contributed by atoms with van der Waals surface area (Å²) in [6, 6.07) is 2.85. The standard InChI is InChI=1S/C19H21F3N4O/c20-15-8-17(22)16(21)6-12(15)5-13(23)7-19(27)25-9-14(10-25)26-18(3-4-24-26)11-1-2-11/h3-4,6,8,11,13-14H,1-2,5,7,9-10,23H2. The number of nitrogens with zero attached hydrogens (tertiary/aromatic N) is 3. The normalized spacial score (nSPS) is 18.4. The van der Waals surface area contributed by atoms with Gasteiger partial charge in [-0.05, 0) is 37.0 Å². The molecule has 2 aromatic rings. The molecule has 1 aliphatic heterocycles. The van der Waals surface area contributed by atoms with Crippen LogP contribution < -0.4 is 5.73 Å². The van der Waals surface area contributed by atoms with E-state index in [1.807, 2.05) is 10.7 Å². The molecule has 27 heavy (non-hydrogen) atoms. The maximum atomic E-state index is 13.7. The summed E-state index contributed by atoms with van der Waals surface area (Å²) in [5.41, 5.74) is 7.14. The minimum Gasteiger partial charge on any atom is -0.338 e. The van der Waals surface area contributed by atoms with Gasteiger partial charge in [0, 0.05) is 49.4 Å². The van der Waals surface area contributed by atoms with Crippen LogP contribution >= 0.6 is 0 Å². The predicted molar refractivity (Wildman–Crippen MR) is 92.4 cm³/mol. The van der Waals surface area contributed by atoms with Gasteiger partial charge in [0.2, 0.25) is 5.91 Å². The number of amides is 1. The van der Waals surface area contributed by atoms with Crippen molar-refractivity contribution in [2.45, 2.75) is 43.7 Å². The summed E-state index contributed by atoms with van der Waals surface area (Å²) in [7, 11) is 0. The van der Waals surface area contributed by atoms with E-state index >= 15 is 0 Å². The lowest BCUT2D eigenvalue weighted by Gasteiger charge is -2.40. The highest BCUT2D eigenvalue weighted by Crippen LogP contribution is 2.41. The fourth-order valence-electron chi connectivity index (χ4n) is 3.57. The van der Waals surface area contributed by atoms with Crippen LogP contribution in [0.15, 0.2) is 24.4 Å². The lowest BCUT2D eigenvalue weighted by atomic mass is 10.0. The second-order valence-corrected chi connectivity index (χ2v) is 7.45. The Bertz CT molecular complexity index is 859. The highest BCUT2D eigenvalue weighted by molar-refractivity contribution is 5.77. The first kappa shape index (κ1) is 18.0. The van der Waals surface area contributed by atoms with Crippen molar-refractivity contribution >= 4 is 5.91 Å². The number of rotatable bonds is 6. The lowest BCUT2D eigenvalue weighted by molar-refractivity contribution is -0.137. The average Bonchev–Trinajstić information content (AvgIpc) is 3.30. The van der Waals surface area contributed by atoms with Crippen molar-refractivity contribution in [3.63, 3.8) is 0 Å². The van der Waals surface area contributed by atoms with Crippen molar-refractivity contribution in [1.29, 1.82) is 0 Å². The zero-order valence-corrected chi connectivity index (χ0v) is 14.7. The molecule has 1 saturated carbocycles. The third kappa shape index (κ3) is 3.71. The molecule has 2 aliphatic rings. The van der Waals surface area contributed by atoms with Gasteiger partial charge >= 0.3 is 0 Å². The second-order valence-electron chi connectivity index (χ2n) is 7.45. The minimum atomic E-state index is -1.24. The number of carbonyl (C=O) groups excluding carboxylic acids is 1. The van der Waals surface area contributed by atoms with Gasteiger partial charge in [-0.1, -0.05) is 0 Å². The molecule has 0 spiro atoms. The van der Waals surface area contributed by atoms with Crippen molar-refractivity contribution in [3.8, 4) is 0 Å². The summed E-state index contributed by atoms with van der Waals surface area (Å²) in [5.74, 6) is -2.75. The Morgan fingerprint density at radius 2 is 1.89 bits per heavy atom. The van der Waals surface area contributed by atoms with Crippen molar-refractivity contribution in [2.75, 3.05) is 13.1 Å². The number of nitrogens with two attached hydrogens (primary N) is 1. The molecule has 1 aromatic heterocycles. The molecule has 0 bridgehead atoms. The molecule has 1 aliphatic carbocycles. The Morgan fingerprint density at radius 1 is 1.19 bits per heavy atom. The number of halogens is 3. The number of hydrogen-bond acceptors (Lipinski definition) is 3. The number of likely N-dealkylation sites (tertiary alicyclic amines) is 1. The van der Waals surface area contributed by atoms with Crippen LogP contribution in [0.25, 0.3) is 0 Å². The van der Waals surface area contributed by atoms with Gasteiger partial charge < -0.3 is 10.6 Å². The SMILES string of the molecule is NC(CC(=O)N1CC(n2nccc2C2CC2)C1)Cc1cc(F)c(F)cc1F. The Morgan fingerprint density at radius 3 is 2.59 bits per heavy atom. The summed E-state index contributed by atoms with van der Waals surface area (Å²) in [6.07, 6.45) is 4.17. The number of carbonyl (C=O) groups is 1. The smallest absolute Gasteiger partial charge is 0.224 e. The van der Waals surface area contributed by atoms with Crippen LogP contribution in [0, 0.1) is 17.5 Å². The van der Waals surface area contributed by atoms with Gasteiger partial charge in [-0.25, -0.2) is 13.2 Å². The molecule has 1 unspecified atom stereocenters. The van der Waals surface area contributed by atoms with Crippen molar-refractivity contribution in [3.05, 3.63) is 53.1 Å². The molecule has 4 rings (SSSR count). The topological polar surface area (TPSA) is 64.2 Å². The van der Waals surface area contributed by atoms with Crippen LogP contribution in [0.5, 0.6) is 0 Å². The molecular formula is C19H21F3N4O. The van der Waals surface area contributed by atoms with E-state index in [1.165, 1.54) is 18.5 Å². The Labute approximate surface area is 154 Å². The van der Waals surface area contributed by atoms with E-state index in [2.05, 4.69) is 5.10 Å². The summed E-state index contributed by atoms with van der Waals surface area (Å²) >= 11 is 0. The monoisotopic (exact) mass is 378 g/mol. The summed E-state index contributed by atoms with van der Waals surface area (Å²) < 4.78 is 42.0. The van der Waals surface area contributed by atoms with Gasteiger partial charge in [0.15, 0.2) is 11.6 Å². The van der Waals surface area contributed by atoms with E-state index in [-0.39, 0.29) is 30.4 Å². The van der Waals surface area contributed by atoms with Gasteiger partial charge in [-0.3, -0.25) is 9.48 Å². The van der Waals surface area contributed by atoms with Gasteiger partial charge in [0.05, 0.1) is 6.04 Å². The average molecular weight is 378 g/mol. The van der Waals surface area contributed by atoms with E-state index < -0.39 is 23.5 Å². The van der Waals surface area contributed by atoms with Gasteiger partial charge in [-0.15, -0.1) is 0 Å². The number of aromatic nitrogens is 2. The Balaban J connectivity index is 1.30. The van der Waals surface area contributed by atoms with Crippen LogP contribution in [0.3, 0.4) is 0 Å². The zero-order valence-electron chi connectivity index (χ0n) is 14.7. The molecular weight excluding hydrogens is 357 g/mol. The quantitative estimate of drug-likeness (QED) is 0.786. The molecule has 2 heterocycles. The fourth-order valence-corrected chi connectivity index (χ4v) is 3.57. The maximum Gasteiger partial charge on any atom is 0.224 e. The van der Waals surface area contributed by atoms with Crippen molar-refractivity contribution in [1.82, 2.24) is 14.7 Å². The molecule has 0 radical (unpaired) electrons. The van der Waals surface area contributed by atoms with Crippen LogP contribution in [0.4, 0.5) is 13.2 Å². The maximum absolute atomic E-state index is 13.7. The second kappa shape index (κ2) is 6.99. The highest BCUT2D eigenvalue weighted by atomic mass is 19.2. The number of benzene rings is 1. The fraction of sp³-hybridized carbons (Fsp3) is 0.474. The van der Waals surface area contributed by atoms with Gasteiger partial charge in [0.1, 0.15) is 5.82 Å². The molecule has 1 saturated heterocycles. The zero-order chi connectivity index (χ0) is 19.1. The van der Waals surface area contributed by atoms with Crippen LogP contribution in [-0.4, -0.2) is 39.7 Å². The van der Waals surface area contributed by atoms with Crippen LogP contribution in [-0.2, 0) is 11.2 Å². The first-order chi connectivity index (χ1) is 12.9. The van der Waals surface area contributed by atoms with Gasteiger partial charge in [-0.2, -0.15) is 5.10 Å². The Kier molecular flexibility index (Phi) is 4.67. The molecule has 1 amide bonds.